The predicted molar refractivity (Wildman–Crippen MR) is 132 cm³/mol. The predicted octanol–water partition coefficient (Wildman–Crippen LogP) is 4.38. The van der Waals surface area contributed by atoms with Gasteiger partial charge in [0.1, 0.15) is 0 Å². The molecule has 9 heteroatoms. The molecule has 34 heavy (non-hydrogen) atoms. The van der Waals surface area contributed by atoms with Crippen LogP contribution in [-0.2, 0) is 28.8 Å². The number of likely N-dealkylation sites (tertiary alicyclic amines) is 1. The van der Waals surface area contributed by atoms with E-state index in [1.54, 1.807) is 28.3 Å². The molecule has 1 aliphatic carbocycles. The lowest BCUT2D eigenvalue weighted by molar-refractivity contribution is 0.0975. The van der Waals surface area contributed by atoms with Gasteiger partial charge in [0.2, 0.25) is 0 Å². The minimum absolute atomic E-state index is 0.171. The summed E-state index contributed by atoms with van der Waals surface area (Å²) in [6.07, 6.45) is 4.40. The van der Waals surface area contributed by atoms with Gasteiger partial charge in [-0.1, -0.05) is 18.2 Å². The van der Waals surface area contributed by atoms with Crippen LogP contribution in [0.3, 0.4) is 0 Å². The highest BCUT2D eigenvalue weighted by molar-refractivity contribution is 7.80. The SMILES string of the molecule is CCOC(=O)N1CCC(N(c2ccc(NC(=O)c3ccccc3)c3c2CCCC3)S(=O)O)CC1. The number of anilines is 2. The number of ether oxygens (including phenoxy) is 1. The zero-order chi connectivity index (χ0) is 24.1. The second kappa shape index (κ2) is 11.0. The van der Waals surface area contributed by atoms with Gasteiger partial charge in [0, 0.05) is 30.4 Å². The molecule has 1 heterocycles. The summed E-state index contributed by atoms with van der Waals surface area (Å²) in [4.78, 5) is 26.4. The molecule has 2 amide bonds. The smallest absolute Gasteiger partial charge is 0.409 e. The van der Waals surface area contributed by atoms with E-state index < -0.39 is 11.3 Å². The highest BCUT2D eigenvalue weighted by Crippen LogP contribution is 2.38. The van der Waals surface area contributed by atoms with E-state index in [1.165, 1.54) is 0 Å². The second-order valence-corrected chi connectivity index (χ2v) is 9.45. The first-order valence-corrected chi connectivity index (χ1v) is 12.9. The molecule has 2 aromatic carbocycles. The van der Waals surface area contributed by atoms with Crippen LogP contribution in [0.4, 0.5) is 16.2 Å². The van der Waals surface area contributed by atoms with Gasteiger partial charge in [-0.3, -0.25) is 13.7 Å². The van der Waals surface area contributed by atoms with E-state index in [0.717, 1.165) is 48.2 Å². The number of rotatable bonds is 6. The normalized spacial score (nSPS) is 16.9. The number of amides is 2. The number of carbonyl (C=O) groups excluding carboxylic acids is 2. The number of carbonyl (C=O) groups is 2. The molecule has 0 saturated carbocycles. The van der Waals surface area contributed by atoms with Crippen molar-refractivity contribution in [3.05, 3.63) is 59.2 Å². The van der Waals surface area contributed by atoms with E-state index in [4.69, 9.17) is 4.74 Å². The van der Waals surface area contributed by atoms with Crippen LogP contribution in [0.2, 0.25) is 0 Å². The van der Waals surface area contributed by atoms with Crippen molar-refractivity contribution in [1.29, 1.82) is 0 Å². The Labute approximate surface area is 202 Å². The fourth-order valence-electron chi connectivity index (χ4n) is 4.86. The van der Waals surface area contributed by atoms with Crippen molar-refractivity contribution in [2.45, 2.75) is 51.5 Å². The van der Waals surface area contributed by atoms with Crippen LogP contribution < -0.4 is 9.62 Å². The van der Waals surface area contributed by atoms with E-state index in [0.29, 0.717) is 38.1 Å². The number of nitrogens with one attached hydrogen (secondary N) is 1. The lowest BCUT2D eigenvalue weighted by Gasteiger charge is -2.38. The van der Waals surface area contributed by atoms with Crippen molar-refractivity contribution in [1.82, 2.24) is 4.90 Å². The van der Waals surface area contributed by atoms with Crippen LogP contribution in [0.15, 0.2) is 42.5 Å². The van der Waals surface area contributed by atoms with Crippen molar-refractivity contribution in [2.24, 2.45) is 0 Å². The molecule has 2 aliphatic rings. The molecule has 182 valence electrons. The number of hydrogen-bond donors (Lipinski definition) is 2. The van der Waals surface area contributed by atoms with Gasteiger partial charge in [-0.25, -0.2) is 9.00 Å². The Kier molecular flexibility index (Phi) is 7.84. The summed E-state index contributed by atoms with van der Waals surface area (Å²) >= 11 is -2.21. The van der Waals surface area contributed by atoms with Crippen LogP contribution >= 0.6 is 0 Å². The van der Waals surface area contributed by atoms with Gasteiger partial charge in [0.05, 0.1) is 12.3 Å². The minimum Gasteiger partial charge on any atom is -0.450 e. The first kappa shape index (κ1) is 24.2. The molecule has 1 saturated heterocycles. The molecule has 2 aromatic rings. The van der Waals surface area contributed by atoms with E-state index in [9.17, 15) is 18.4 Å². The third-order valence-electron chi connectivity index (χ3n) is 6.52. The Morgan fingerprint density at radius 1 is 1.09 bits per heavy atom. The van der Waals surface area contributed by atoms with Crippen LogP contribution in [0, 0.1) is 0 Å². The van der Waals surface area contributed by atoms with E-state index in [-0.39, 0.29) is 18.0 Å². The van der Waals surface area contributed by atoms with E-state index >= 15 is 0 Å². The summed E-state index contributed by atoms with van der Waals surface area (Å²) in [6, 6.07) is 12.6. The van der Waals surface area contributed by atoms with Crippen molar-refractivity contribution in [3.63, 3.8) is 0 Å². The summed E-state index contributed by atoms with van der Waals surface area (Å²) in [5.74, 6) is -0.171. The molecule has 1 unspecified atom stereocenters. The Bertz CT molecular complexity index is 1050. The van der Waals surface area contributed by atoms with Gasteiger partial charge in [0.25, 0.3) is 17.2 Å². The van der Waals surface area contributed by atoms with Crippen molar-refractivity contribution in [2.75, 3.05) is 29.3 Å². The average Bonchev–Trinajstić information content (AvgIpc) is 2.86. The fraction of sp³-hybridized carbons (Fsp3) is 0.440. The van der Waals surface area contributed by atoms with E-state index in [1.807, 2.05) is 30.3 Å². The van der Waals surface area contributed by atoms with Crippen LogP contribution in [0.5, 0.6) is 0 Å². The summed E-state index contributed by atoms with van der Waals surface area (Å²) in [7, 11) is 0. The van der Waals surface area contributed by atoms with Gasteiger partial charge in [-0.2, -0.15) is 0 Å². The second-order valence-electron chi connectivity index (χ2n) is 8.59. The molecule has 2 N–H and O–H groups in total. The van der Waals surface area contributed by atoms with Crippen LogP contribution in [0.25, 0.3) is 0 Å². The quantitative estimate of drug-likeness (QED) is 0.592. The molecule has 1 atom stereocenters. The zero-order valence-corrected chi connectivity index (χ0v) is 20.2. The number of hydrogen-bond acceptors (Lipinski definition) is 4. The lowest BCUT2D eigenvalue weighted by atomic mass is 9.88. The van der Waals surface area contributed by atoms with Crippen LogP contribution in [-0.4, -0.2) is 51.4 Å². The zero-order valence-electron chi connectivity index (χ0n) is 19.4. The first-order valence-electron chi connectivity index (χ1n) is 11.8. The highest BCUT2D eigenvalue weighted by atomic mass is 32.2. The number of piperidine rings is 1. The molecule has 0 spiro atoms. The first-order chi connectivity index (χ1) is 16.5. The largest absolute Gasteiger partial charge is 0.450 e. The summed E-state index contributed by atoms with van der Waals surface area (Å²) in [5.41, 5.74) is 4.14. The maximum absolute atomic E-state index is 12.8. The number of fused-ring (bicyclic) bond motifs is 1. The number of nitrogens with zero attached hydrogens (tertiary/aromatic N) is 2. The molecule has 0 radical (unpaired) electrons. The van der Waals surface area contributed by atoms with Gasteiger partial charge in [-0.15, -0.1) is 0 Å². The van der Waals surface area contributed by atoms with Crippen molar-refractivity contribution in [3.8, 4) is 0 Å². The Balaban J connectivity index is 1.58. The summed E-state index contributed by atoms with van der Waals surface area (Å²) in [6.45, 7) is 3.05. The lowest BCUT2D eigenvalue weighted by Crippen LogP contribution is -2.48. The fourth-order valence-corrected chi connectivity index (χ4v) is 5.67. The molecular formula is C25H31N3O5S. The van der Waals surface area contributed by atoms with E-state index in [2.05, 4.69) is 5.32 Å². The third kappa shape index (κ3) is 5.26. The molecule has 4 rings (SSSR count). The molecule has 8 nitrogen and oxygen atoms in total. The topological polar surface area (TPSA) is 99.2 Å². The van der Waals surface area contributed by atoms with Crippen LogP contribution in [0.1, 0.15) is 54.1 Å². The Hall–Kier alpha value is -2.91. The van der Waals surface area contributed by atoms with Crippen molar-refractivity contribution < 1.29 is 23.1 Å². The number of benzene rings is 2. The highest BCUT2D eigenvalue weighted by Gasteiger charge is 2.33. The Morgan fingerprint density at radius 2 is 1.76 bits per heavy atom. The van der Waals surface area contributed by atoms with Gasteiger partial charge in [0.15, 0.2) is 0 Å². The molecule has 0 bridgehead atoms. The molecule has 1 fully saturated rings. The Morgan fingerprint density at radius 3 is 2.41 bits per heavy atom. The molecule has 1 aliphatic heterocycles. The summed E-state index contributed by atoms with van der Waals surface area (Å²) in [5, 5.41) is 3.04. The molecular weight excluding hydrogens is 454 g/mol. The van der Waals surface area contributed by atoms with Gasteiger partial charge < -0.3 is 15.0 Å². The average molecular weight is 486 g/mol. The minimum atomic E-state index is -2.21. The maximum Gasteiger partial charge on any atom is 0.409 e. The standard InChI is InChI=1S/C25H31N3O5S/c1-2-33-25(30)27-16-14-19(15-17-27)28(34(31)32)23-13-12-22(20-10-6-7-11-21(20)23)26-24(29)18-8-4-3-5-9-18/h3-5,8-9,12-13,19H,2,6-7,10-11,14-17H2,1H3,(H,26,29)(H,31,32). The summed E-state index contributed by atoms with van der Waals surface area (Å²) < 4.78 is 29.4. The maximum atomic E-state index is 12.8. The monoisotopic (exact) mass is 485 g/mol. The van der Waals surface area contributed by atoms with Gasteiger partial charge >= 0.3 is 6.09 Å². The molecule has 0 aromatic heterocycles. The third-order valence-corrected chi connectivity index (χ3v) is 7.35. The van der Waals surface area contributed by atoms with Crippen molar-refractivity contribution >= 4 is 34.6 Å². The van der Waals surface area contributed by atoms with Gasteiger partial charge in [-0.05, 0) is 80.8 Å².